The molecule has 0 atom stereocenters. The number of para-hydroxylation sites is 2. The van der Waals surface area contributed by atoms with Crippen molar-refractivity contribution in [1.82, 2.24) is 9.97 Å². The van der Waals surface area contributed by atoms with E-state index >= 15 is 0 Å². The largest absolute Gasteiger partial charge is 0.487 e. The fraction of sp³-hybridized carbons (Fsp3) is 0.0400. The second kappa shape index (κ2) is 9.14. The van der Waals surface area contributed by atoms with Crippen LogP contribution >= 0.6 is 31.9 Å². The summed E-state index contributed by atoms with van der Waals surface area (Å²) in [5.41, 5.74) is 6.84. The highest BCUT2D eigenvalue weighted by Gasteiger charge is 2.10. The second-order valence-corrected chi connectivity index (χ2v) is 8.92. The van der Waals surface area contributed by atoms with Crippen LogP contribution in [0.25, 0.3) is 21.8 Å². The first-order valence-corrected chi connectivity index (χ1v) is 11.6. The molecular weight excluding hydrogens is 532 g/mol. The Kier molecular flexibility index (Phi) is 5.92. The Morgan fingerprint density at radius 1 is 0.938 bits per heavy atom. The van der Waals surface area contributed by atoms with E-state index in [4.69, 9.17) is 4.74 Å². The third-order valence-electron chi connectivity index (χ3n) is 5.05. The Morgan fingerprint density at radius 3 is 2.53 bits per heavy atom. The van der Waals surface area contributed by atoms with Crippen LogP contribution in [0.2, 0.25) is 0 Å². The number of nitrogens with one attached hydrogen (secondary N) is 2. The average molecular weight is 550 g/mol. The van der Waals surface area contributed by atoms with Crippen LogP contribution in [0.3, 0.4) is 0 Å². The van der Waals surface area contributed by atoms with Gasteiger partial charge in [-0.2, -0.15) is 5.10 Å². The van der Waals surface area contributed by atoms with Crippen molar-refractivity contribution in [3.8, 4) is 5.75 Å². The zero-order chi connectivity index (χ0) is 21.9. The van der Waals surface area contributed by atoms with Crippen molar-refractivity contribution in [2.45, 2.75) is 6.61 Å². The fourth-order valence-electron chi connectivity index (χ4n) is 3.53. The van der Waals surface area contributed by atoms with E-state index in [1.165, 1.54) is 10.8 Å². The molecular formula is C25H18Br2N4O. The molecule has 0 saturated heterocycles. The summed E-state index contributed by atoms with van der Waals surface area (Å²) in [7, 11) is 0. The summed E-state index contributed by atoms with van der Waals surface area (Å²) in [6.45, 7) is 0.472. The maximum absolute atomic E-state index is 6.16. The number of ether oxygens (including phenoxy) is 1. The lowest BCUT2D eigenvalue weighted by Crippen LogP contribution is -1.99. The molecule has 7 heteroatoms. The molecule has 0 spiro atoms. The molecule has 0 aliphatic carbocycles. The number of aromatic amines is 1. The molecule has 2 N–H and O–H groups in total. The minimum atomic E-state index is 0.472. The quantitative estimate of drug-likeness (QED) is 0.173. The average Bonchev–Trinajstić information content (AvgIpc) is 3.21. The van der Waals surface area contributed by atoms with Crippen LogP contribution in [-0.2, 0) is 6.61 Å². The van der Waals surface area contributed by atoms with E-state index in [2.05, 4.69) is 82.7 Å². The van der Waals surface area contributed by atoms with E-state index in [1.54, 1.807) is 6.21 Å². The Labute approximate surface area is 201 Å². The maximum atomic E-state index is 6.16. The fourth-order valence-corrected chi connectivity index (χ4v) is 4.98. The van der Waals surface area contributed by atoms with Crippen molar-refractivity contribution in [2.75, 3.05) is 5.43 Å². The zero-order valence-electron chi connectivity index (χ0n) is 16.8. The summed E-state index contributed by atoms with van der Waals surface area (Å²) in [6, 6.07) is 26.3. The van der Waals surface area contributed by atoms with Gasteiger partial charge in [0.25, 0.3) is 0 Å². The number of H-pyrrole nitrogens is 1. The lowest BCUT2D eigenvalue weighted by Gasteiger charge is -2.13. The number of rotatable bonds is 6. The Balaban J connectivity index is 1.30. The molecule has 5 rings (SSSR count). The lowest BCUT2D eigenvalue weighted by atomic mass is 10.1. The smallest absolute Gasteiger partial charge is 0.222 e. The van der Waals surface area contributed by atoms with Gasteiger partial charge in [-0.1, -0.05) is 54.6 Å². The van der Waals surface area contributed by atoms with Gasteiger partial charge in [0.05, 0.1) is 26.2 Å². The van der Waals surface area contributed by atoms with Gasteiger partial charge >= 0.3 is 0 Å². The molecule has 0 aliphatic heterocycles. The van der Waals surface area contributed by atoms with Crippen molar-refractivity contribution in [3.63, 3.8) is 0 Å². The van der Waals surface area contributed by atoms with E-state index < -0.39 is 0 Å². The molecule has 5 nitrogen and oxygen atoms in total. The minimum Gasteiger partial charge on any atom is -0.487 e. The van der Waals surface area contributed by atoms with Crippen molar-refractivity contribution in [3.05, 3.63) is 98.9 Å². The van der Waals surface area contributed by atoms with Gasteiger partial charge < -0.3 is 9.72 Å². The van der Waals surface area contributed by atoms with E-state index in [9.17, 15) is 0 Å². The maximum Gasteiger partial charge on any atom is 0.222 e. The van der Waals surface area contributed by atoms with Crippen LogP contribution in [0, 0.1) is 0 Å². The highest BCUT2D eigenvalue weighted by molar-refractivity contribution is 9.11. The summed E-state index contributed by atoms with van der Waals surface area (Å²) in [4.78, 5) is 7.63. The number of hydrazone groups is 1. The van der Waals surface area contributed by atoms with Gasteiger partial charge in [-0.25, -0.2) is 10.4 Å². The number of anilines is 1. The number of imidazole rings is 1. The van der Waals surface area contributed by atoms with Crippen molar-refractivity contribution >= 4 is 65.8 Å². The van der Waals surface area contributed by atoms with Crippen LogP contribution < -0.4 is 10.2 Å². The SMILES string of the molecule is Brc1cc(C=NNc2nc3ccccc3[nH]2)cc(Br)c1OCc1cccc2ccccc12. The molecule has 0 fully saturated rings. The molecule has 32 heavy (non-hydrogen) atoms. The molecule has 0 unspecified atom stereocenters. The Hall–Kier alpha value is -3.16. The third kappa shape index (κ3) is 4.40. The van der Waals surface area contributed by atoms with Crippen LogP contribution in [0.4, 0.5) is 5.95 Å². The lowest BCUT2D eigenvalue weighted by molar-refractivity contribution is 0.303. The molecule has 5 aromatic rings. The number of nitrogens with zero attached hydrogens (tertiary/aromatic N) is 2. The van der Waals surface area contributed by atoms with Crippen molar-refractivity contribution < 1.29 is 4.74 Å². The number of fused-ring (bicyclic) bond motifs is 2. The van der Waals surface area contributed by atoms with E-state index in [0.717, 1.165) is 36.9 Å². The summed E-state index contributed by atoms with van der Waals surface area (Å²) in [5, 5.41) is 6.70. The van der Waals surface area contributed by atoms with Gasteiger partial charge in [0.15, 0.2) is 0 Å². The van der Waals surface area contributed by atoms with Gasteiger partial charge in [-0.15, -0.1) is 0 Å². The summed E-state index contributed by atoms with van der Waals surface area (Å²) < 4.78 is 7.84. The summed E-state index contributed by atoms with van der Waals surface area (Å²) >= 11 is 7.25. The minimum absolute atomic E-state index is 0.472. The van der Waals surface area contributed by atoms with Gasteiger partial charge in [-0.3, -0.25) is 0 Å². The summed E-state index contributed by atoms with van der Waals surface area (Å²) in [5.74, 6) is 1.34. The normalized spacial score (nSPS) is 11.4. The molecule has 1 aromatic heterocycles. The van der Waals surface area contributed by atoms with Crippen LogP contribution in [-0.4, -0.2) is 16.2 Å². The zero-order valence-corrected chi connectivity index (χ0v) is 20.0. The summed E-state index contributed by atoms with van der Waals surface area (Å²) in [6.07, 6.45) is 1.73. The third-order valence-corrected chi connectivity index (χ3v) is 6.22. The molecule has 158 valence electrons. The first-order chi connectivity index (χ1) is 15.7. The van der Waals surface area contributed by atoms with Crippen LogP contribution in [0.1, 0.15) is 11.1 Å². The Bertz CT molecular complexity index is 1380. The number of halogens is 2. The van der Waals surface area contributed by atoms with E-state index in [-0.39, 0.29) is 0 Å². The van der Waals surface area contributed by atoms with E-state index in [0.29, 0.717) is 12.6 Å². The van der Waals surface area contributed by atoms with Gasteiger partial charge in [-0.05, 0) is 78.0 Å². The predicted octanol–water partition coefficient (Wildman–Crippen LogP) is 7.27. The standard InChI is InChI=1S/C25H18Br2N4O/c26-20-12-16(14-28-31-25-29-22-10-3-4-11-23(22)30-25)13-21(27)24(20)32-15-18-8-5-7-17-6-1-2-9-19(17)18/h1-14H,15H2,(H2,29,30,31). The Morgan fingerprint density at radius 2 is 1.69 bits per heavy atom. The van der Waals surface area contributed by atoms with E-state index in [1.807, 2.05) is 48.5 Å². The first kappa shape index (κ1) is 20.7. The van der Waals surface area contributed by atoms with Crippen LogP contribution in [0.15, 0.2) is 92.9 Å². The predicted molar refractivity (Wildman–Crippen MR) is 137 cm³/mol. The van der Waals surface area contributed by atoms with Gasteiger partial charge in [0.2, 0.25) is 5.95 Å². The number of aromatic nitrogens is 2. The molecule has 0 amide bonds. The number of hydrogen-bond donors (Lipinski definition) is 2. The molecule has 0 bridgehead atoms. The molecule has 0 aliphatic rings. The van der Waals surface area contributed by atoms with Crippen molar-refractivity contribution in [1.29, 1.82) is 0 Å². The number of hydrogen-bond acceptors (Lipinski definition) is 4. The van der Waals surface area contributed by atoms with Crippen LogP contribution in [0.5, 0.6) is 5.75 Å². The van der Waals surface area contributed by atoms with Gasteiger partial charge in [0, 0.05) is 0 Å². The topological polar surface area (TPSA) is 62.3 Å². The number of benzene rings is 4. The molecule has 0 radical (unpaired) electrons. The first-order valence-electron chi connectivity index (χ1n) is 10.00. The molecule has 0 saturated carbocycles. The highest BCUT2D eigenvalue weighted by Crippen LogP contribution is 2.35. The monoisotopic (exact) mass is 548 g/mol. The highest BCUT2D eigenvalue weighted by atomic mass is 79.9. The van der Waals surface area contributed by atoms with Gasteiger partial charge in [0.1, 0.15) is 12.4 Å². The second-order valence-electron chi connectivity index (χ2n) is 7.21. The molecule has 1 heterocycles. The molecule has 4 aromatic carbocycles. The van der Waals surface area contributed by atoms with Crippen molar-refractivity contribution in [2.24, 2.45) is 5.10 Å².